The van der Waals surface area contributed by atoms with E-state index < -0.39 is 0 Å². The molecule has 0 aliphatic heterocycles. The van der Waals surface area contributed by atoms with Crippen LogP contribution in [-0.4, -0.2) is 52.8 Å². The van der Waals surface area contributed by atoms with Gasteiger partial charge in [-0.1, -0.05) is 11.6 Å². The summed E-state index contributed by atoms with van der Waals surface area (Å²) in [7, 11) is 1.55. The van der Waals surface area contributed by atoms with Crippen LogP contribution in [0.2, 0.25) is 10.3 Å². The molecule has 3 N–H and O–H groups in total. The number of urea groups is 1. The third kappa shape index (κ3) is 5.85. The number of aromatic nitrogens is 2. The van der Waals surface area contributed by atoms with Crippen LogP contribution in [-0.2, 0) is 6.54 Å². The average molecular weight is 414 g/mol. The lowest BCUT2D eigenvalue weighted by atomic mass is 10.1. The molecular weight excluding hydrogens is 393 g/mol. The Morgan fingerprint density at radius 2 is 2.15 bits per heavy atom. The number of anilines is 2. The minimum absolute atomic E-state index is 0.0704. The van der Waals surface area contributed by atoms with Gasteiger partial charge in [0.15, 0.2) is 5.82 Å². The van der Waals surface area contributed by atoms with Gasteiger partial charge >= 0.3 is 6.03 Å². The van der Waals surface area contributed by atoms with Crippen molar-refractivity contribution in [2.75, 3.05) is 32.1 Å². The molecule has 2 aromatic rings. The molecule has 0 bridgehead atoms. The zero-order valence-corrected chi connectivity index (χ0v) is 16.5. The van der Waals surface area contributed by atoms with Gasteiger partial charge in [0.2, 0.25) is 5.28 Å². The first-order valence-electron chi connectivity index (χ1n) is 8.24. The molecule has 1 aromatic heterocycles. The minimum atomic E-state index is -0.266. The Hall–Kier alpha value is -2.29. The lowest BCUT2D eigenvalue weighted by Gasteiger charge is -2.23. The molecule has 0 aliphatic carbocycles. The fourth-order valence-corrected chi connectivity index (χ4v) is 2.66. The first kappa shape index (κ1) is 21.0. The topological polar surface area (TPSA) is 99.6 Å². The molecule has 2 amide bonds. The summed E-state index contributed by atoms with van der Waals surface area (Å²) in [5, 5.41) is 15.4. The number of nitrogens with zero attached hydrogens (tertiary/aromatic N) is 3. The van der Waals surface area contributed by atoms with Gasteiger partial charge in [-0.25, -0.2) is 9.78 Å². The van der Waals surface area contributed by atoms with Crippen LogP contribution >= 0.6 is 23.2 Å². The second kappa shape index (κ2) is 10.1. The third-order valence-corrected chi connectivity index (χ3v) is 4.06. The molecule has 0 spiro atoms. The van der Waals surface area contributed by atoms with Crippen LogP contribution in [0.1, 0.15) is 12.5 Å². The van der Waals surface area contributed by atoms with E-state index in [1.165, 1.54) is 11.1 Å². The number of hydrogen-bond donors (Lipinski definition) is 3. The van der Waals surface area contributed by atoms with E-state index in [-0.39, 0.29) is 31.0 Å². The highest BCUT2D eigenvalue weighted by Crippen LogP contribution is 2.28. The largest absolute Gasteiger partial charge is 0.496 e. The van der Waals surface area contributed by atoms with Crippen LogP contribution in [0.15, 0.2) is 24.4 Å². The zero-order chi connectivity index (χ0) is 19.8. The maximum Gasteiger partial charge on any atom is 0.317 e. The normalized spacial score (nSPS) is 10.4. The highest BCUT2D eigenvalue weighted by molar-refractivity contribution is 6.33. The first-order chi connectivity index (χ1) is 13.0. The lowest BCUT2D eigenvalue weighted by molar-refractivity contribution is 0.174. The number of hydrogen-bond acceptors (Lipinski definition) is 6. The van der Waals surface area contributed by atoms with Crippen LogP contribution in [0.25, 0.3) is 0 Å². The predicted octanol–water partition coefficient (Wildman–Crippen LogP) is 3.06. The summed E-state index contributed by atoms with van der Waals surface area (Å²) < 4.78 is 5.39. The van der Waals surface area contributed by atoms with E-state index in [4.69, 9.17) is 27.9 Å². The van der Waals surface area contributed by atoms with Crippen LogP contribution in [0.4, 0.5) is 16.3 Å². The number of aliphatic hydroxyl groups is 1. The van der Waals surface area contributed by atoms with Crippen molar-refractivity contribution in [2.24, 2.45) is 0 Å². The molecule has 0 unspecified atom stereocenters. The molecule has 10 heteroatoms. The maximum absolute atomic E-state index is 12.2. The SMILES string of the molecule is CCNC(=O)N(CCO)Cc1cc(Nc2nc(Cl)ncc2Cl)ccc1OC. The molecule has 0 saturated carbocycles. The summed E-state index contributed by atoms with van der Waals surface area (Å²) in [5.74, 6) is 0.975. The number of aliphatic hydroxyl groups excluding tert-OH is 1. The van der Waals surface area contributed by atoms with Crippen molar-refractivity contribution in [1.82, 2.24) is 20.2 Å². The molecular formula is C17H21Cl2N5O3. The van der Waals surface area contributed by atoms with Crippen molar-refractivity contribution >= 4 is 40.7 Å². The number of carbonyl (C=O) groups is 1. The van der Waals surface area contributed by atoms with Crippen LogP contribution < -0.4 is 15.4 Å². The number of ether oxygens (including phenoxy) is 1. The molecule has 0 saturated heterocycles. The van der Waals surface area contributed by atoms with E-state index in [1.54, 1.807) is 19.2 Å². The van der Waals surface area contributed by atoms with Crippen LogP contribution in [0.3, 0.4) is 0 Å². The number of nitrogens with one attached hydrogen (secondary N) is 2. The van der Waals surface area contributed by atoms with Crippen molar-refractivity contribution in [3.63, 3.8) is 0 Å². The fourth-order valence-electron chi connectivity index (χ4n) is 2.39. The second-order valence-corrected chi connectivity index (χ2v) is 6.21. The highest BCUT2D eigenvalue weighted by Gasteiger charge is 2.16. The monoisotopic (exact) mass is 413 g/mol. The summed E-state index contributed by atoms with van der Waals surface area (Å²) in [6.07, 6.45) is 1.40. The van der Waals surface area contributed by atoms with Gasteiger partial charge in [-0.05, 0) is 36.7 Å². The zero-order valence-electron chi connectivity index (χ0n) is 15.0. The highest BCUT2D eigenvalue weighted by atomic mass is 35.5. The molecule has 0 fully saturated rings. The average Bonchev–Trinajstić information content (AvgIpc) is 2.65. The third-order valence-electron chi connectivity index (χ3n) is 3.60. The summed E-state index contributed by atoms with van der Waals surface area (Å²) in [4.78, 5) is 21.6. The summed E-state index contributed by atoms with van der Waals surface area (Å²) in [6, 6.07) is 5.10. The predicted molar refractivity (Wildman–Crippen MR) is 105 cm³/mol. The molecule has 27 heavy (non-hydrogen) atoms. The van der Waals surface area contributed by atoms with E-state index in [0.29, 0.717) is 28.8 Å². The first-order valence-corrected chi connectivity index (χ1v) is 8.99. The number of carbonyl (C=O) groups excluding carboxylic acids is 1. The Morgan fingerprint density at radius 3 is 2.81 bits per heavy atom. The Kier molecular flexibility index (Phi) is 7.90. The van der Waals surface area contributed by atoms with E-state index in [1.807, 2.05) is 13.0 Å². The van der Waals surface area contributed by atoms with E-state index in [0.717, 1.165) is 5.56 Å². The number of amides is 2. The lowest BCUT2D eigenvalue weighted by Crippen LogP contribution is -2.41. The van der Waals surface area contributed by atoms with Gasteiger partial charge in [0.1, 0.15) is 10.8 Å². The molecule has 2 rings (SSSR count). The Morgan fingerprint density at radius 1 is 1.37 bits per heavy atom. The van der Waals surface area contributed by atoms with Gasteiger partial charge in [0.25, 0.3) is 0 Å². The van der Waals surface area contributed by atoms with Gasteiger partial charge < -0.3 is 25.4 Å². The quantitative estimate of drug-likeness (QED) is 0.575. The van der Waals surface area contributed by atoms with Gasteiger partial charge in [-0.3, -0.25) is 0 Å². The molecule has 1 heterocycles. The molecule has 8 nitrogen and oxygen atoms in total. The molecule has 0 atom stereocenters. The molecule has 1 aromatic carbocycles. The summed E-state index contributed by atoms with van der Waals surface area (Å²) >= 11 is 11.9. The van der Waals surface area contributed by atoms with Crippen molar-refractivity contribution in [2.45, 2.75) is 13.5 Å². The standard InChI is InChI=1S/C17H21Cl2N5O3/c1-3-20-17(26)24(6-7-25)10-11-8-12(4-5-14(11)27-2)22-15-13(18)9-21-16(19)23-15/h4-5,8-9,25H,3,6-7,10H2,1-2H3,(H,20,26)(H,21,22,23). The van der Waals surface area contributed by atoms with Crippen molar-refractivity contribution in [3.8, 4) is 5.75 Å². The van der Waals surface area contributed by atoms with E-state index in [9.17, 15) is 9.90 Å². The van der Waals surface area contributed by atoms with E-state index >= 15 is 0 Å². The van der Waals surface area contributed by atoms with Crippen LogP contribution in [0, 0.1) is 0 Å². The van der Waals surface area contributed by atoms with Crippen molar-refractivity contribution < 1.29 is 14.6 Å². The van der Waals surface area contributed by atoms with Crippen molar-refractivity contribution in [1.29, 1.82) is 0 Å². The van der Waals surface area contributed by atoms with Gasteiger partial charge in [-0.2, -0.15) is 4.98 Å². The van der Waals surface area contributed by atoms with Gasteiger partial charge in [0, 0.05) is 24.3 Å². The van der Waals surface area contributed by atoms with Crippen molar-refractivity contribution in [3.05, 3.63) is 40.3 Å². The number of rotatable bonds is 8. The van der Waals surface area contributed by atoms with E-state index in [2.05, 4.69) is 20.6 Å². The smallest absolute Gasteiger partial charge is 0.317 e. The molecule has 0 aliphatic rings. The Balaban J connectivity index is 2.28. The fraction of sp³-hybridized carbons (Fsp3) is 0.353. The summed E-state index contributed by atoms with van der Waals surface area (Å²) in [6.45, 7) is 2.62. The van der Waals surface area contributed by atoms with Gasteiger partial charge in [-0.15, -0.1) is 0 Å². The minimum Gasteiger partial charge on any atom is -0.496 e. The Bertz CT molecular complexity index is 791. The Labute approximate surface area is 167 Å². The number of methoxy groups -OCH3 is 1. The molecule has 0 radical (unpaired) electrons. The molecule has 146 valence electrons. The summed E-state index contributed by atoms with van der Waals surface area (Å²) in [5.41, 5.74) is 1.43. The maximum atomic E-state index is 12.2. The number of halogens is 2. The second-order valence-electron chi connectivity index (χ2n) is 5.47. The van der Waals surface area contributed by atoms with Crippen LogP contribution in [0.5, 0.6) is 5.75 Å². The van der Waals surface area contributed by atoms with Gasteiger partial charge in [0.05, 0.1) is 26.5 Å². The number of benzene rings is 1.